The first-order valence-corrected chi connectivity index (χ1v) is 6.83. The number of nitrogens with one attached hydrogen (secondary N) is 1. The SMILES string of the molecule is CCOc1cccc(C2CC2CNC2CC2)c1. The van der Waals surface area contributed by atoms with Crippen LogP contribution in [0.15, 0.2) is 24.3 Å². The molecule has 2 aliphatic rings. The molecule has 0 bridgehead atoms. The van der Waals surface area contributed by atoms with Gasteiger partial charge in [0.2, 0.25) is 0 Å². The van der Waals surface area contributed by atoms with Crippen molar-refractivity contribution in [2.75, 3.05) is 13.2 Å². The van der Waals surface area contributed by atoms with Gasteiger partial charge < -0.3 is 10.1 Å². The third kappa shape index (κ3) is 2.81. The largest absolute Gasteiger partial charge is 0.494 e. The zero-order chi connectivity index (χ0) is 11.7. The molecule has 1 N–H and O–H groups in total. The van der Waals surface area contributed by atoms with E-state index in [0.717, 1.165) is 30.2 Å². The fourth-order valence-electron chi connectivity index (χ4n) is 2.49. The summed E-state index contributed by atoms with van der Waals surface area (Å²) in [6, 6.07) is 9.46. The molecule has 3 rings (SSSR count). The molecule has 2 aliphatic carbocycles. The molecule has 2 saturated carbocycles. The molecule has 1 aromatic carbocycles. The second kappa shape index (κ2) is 4.69. The Bertz CT molecular complexity index is 386. The molecule has 0 aromatic heterocycles. The highest BCUT2D eigenvalue weighted by Crippen LogP contribution is 2.47. The van der Waals surface area contributed by atoms with Gasteiger partial charge in [-0.1, -0.05) is 12.1 Å². The highest BCUT2D eigenvalue weighted by Gasteiger charge is 2.38. The van der Waals surface area contributed by atoms with Gasteiger partial charge in [0.1, 0.15) is 5.75 Å². The Kier molecular flexibility index (Phi) is 3.06. The van der Waals surface area contributed by atoms with Crippen LogP contribution in [-0.2, 0) is 0 Å². The van der Waals surface area contributed by atoms with Crippen LogP contribution >= 0.6 is 0 Å². The average Bonchev–Trinajstić information content (AvgIpc) is 3.22. The summed E-state index contributed by atoms with van der Waals surface area (Å²) in [5.74, 6) is 2.64. The fourth-order valence-corrected chi connectivity index (χ4v) is 2.49. The molecule has 0 radical (unpaired) electrons. The maximum absolute atomic E-state index is 5.55. The number of ether oxygens (including phenoxy) is 1. The topological polar surface area (TPSA) is 21.3 Å². The van der Waals surface area contributed by atoms with Crippen molar-refractivity contribution >= 4 is 0 Å². The monoisotopic (exact) mass is 231 g/mol. The van der Waals surface area contributed by atoms with E-state index in [1.807, 2.05) is 13.0 Å². The lowest BCUT2D eigenvalue weighted by molar-refractivity contribution is 0.340. The van der Waals surface area contributed by atoms with Gasteiger partial charge in [-0.2, -0.15) is 0 Å². The smallest absolute Gasteiger partial charge is 0.119 e. The van der Waals surface area contributed by atoms with Crippen LogP contribution in [0.4, 0.5) is 0 Å². The molecular weight excluding hydrogens is 210 g/mol. The van der Waals surface area contributed by atoms with Crippen LogP contribution in [0, 0.1) is 5.92 Å². The van der Waals surface area contributed by atoms with Gasteiger partial charge in [0, 0.05) is 6.04 Å². The third-order valence-corrected chi connectivity index (χ3v) is 3.77. The van der Waals surface area contributed by atoms with Crippen molar-refractivity contribution in [3.63, 3.8) is 0 Å². The van der Waals surface area contributed by atoms with Gasteiger partial charge in [0.25, 0.3) is 0 Å². The molecule has 1 aromatic rings. The third-order valence-electron chi connectivity index (χ3n) is 3.77. The predicted molar refractivity (Wildman–Crippen MR) is 69.5 cm³/mol. The maximum Gasteiger partial charge on any atom is 0.119 e. The van der Waals surface area contributed by atoms with Crippen molar-refractivity contribution in [2.24, 2.45) is 5.92 Å². The van der Waals surface area contributed by atoms with Crippen LogP contribution in [0.2, 0.25) is 0 Å². The van der Waals surface area contributed by atoms with Gasteiger partial charge in [0.15, 0.2) is 0 Å². The van der Waals surface area contributed by atoms with Crippen molar-refractivity contribution in [1.29, 1.82) is 0 Å². The highest BCUT2D eigenvalue weighted by atomic mass is 16.5. The van der Waals surface area contributed by atoms with E-state index in [9.17, 15) is 0 Å². The van der Waals surface area contributed by atoms with E-state index in [4.69, 9.17) is 4.74 Å². The van der Waals surface area contributed by atoms with Gasteiger partial charge in [-0.15, -0.1) is 0 Å². The first kappa shape index (κ1) is 11.1. The Morgan fingerprint density at radius 3 is 3.00 bits per heavy atom. The number of hydrogen-bond donors (Lipinski definition) is 1. The number of hydrogen-bond acceptors (Lipinski definition) is 2. The Morgan fingerprint density at radius 2 is 2.24 bits per heavy atom. The minimum atomic E-state index is 0.751. The van der Waals surface area contributed by atoms with E-state index < -0.39 is 0 Å². The van der Waals surface area contributed by atoms with Gasteiger partial charge in [-0.25, -0.2) is 0 Å². The van der Waals surface area contributed by atoms with E-state index in [-0.39, 0.29) is 0 Å². The van der Waals surface area contributed by atoms with E-state index in [1.54, 1.807) is 0 Å². The summed E-state index contributed by atoms with van der Waals surface area (Å²) in [4.78, 5) is 0. The Morgan fingerprint density at radius 1 is 1.35 bits per heavy atom. The molecule has 2 fully saturated rings. The summed E-state index contributed by atoms with van der Waals surface area (Å²) in [5.41, 5.74) is 1.46. The van der Waals surface area contributed by atoms with Crippen molar-refractivity contribution in [3.05, 3.63) is 29.8 Å². The van der Waals surface area contributed by atoms with Crippen LogP contribution in [0.1, 0.15) is 37.7 Å². The highest BCUT2D eigenvalue weighted by molar-refractivity contribution is 5.34. The minimum absolute atomic E-state index is 0.751. The summed E-state index contributed by atoms with van der Waals surface area (Å²) < 4.78 is 5.55. The van der Waals surface area contributed by atoms with Gasteiger partial charge in [0.05, 0.1) is 6.61 Å². The zero-order valence-corrected chi connectivity index (χ0v) is 10.5. The molecule has 0 heterocycles. The summed E-state index contributed by atoms with van der Waals surface area (Å²) in [6.07, 6.45) is 4.11. The lowest BCUT2D eigenvalue weighted by Gasteiger charge is -2.06. The lowest BCUT2D eigenvalue weighted by atomic mass is 10.1. The molecule has 2 nitrogen and oxygen atoms in total. The van der Waals surface area contributed by atoms with E-state index in [2.05, 4.69) is 23.5 Å². The minimum Gasteiger partial charge on any atom is -0.494 e. The van der Waals surface area contributed by atoms with Crippen LogP contribution in [0.5, 0.6) is 5.75 Å². The van der Waals surface area contributed by atoms with Crippen LogP contribution in [0.25, 0.3) is 0 Å². The molecular formula is C15H21NO. The van der Waals surface area contributed by atoms with Crippen molar-refractivity contribution in [2.45, 2.75) is 38.1 Å². The van der Waals surface area contributed by atoms with Crippen molar-refractivity contribution < 1.29 is 4.74 Å². The molecule has 0 aliphatic heterocycles. The first-order chi connectivity index (χ1) is 8.36. The Labute approximate surface area is 103 Å². The fraction of sp³-hybridized carbons (Fsp3) is 0.600. The van der Waals surface area contributed by atoms with Gasteiger partial charge in [-0.05, 0) is 62.3 Å². The van der Waals surface area contributed by atoms with Gasteiger partial charge in [-0.3, -0.25) is 0 Å². The molecule has 2 atom stereocenters. The molecule has 2 heteroatoms. The van der Waals surface area contributed by atoms with Crippen LogP contribution in [-0.4, -0.2) is 19.2 Å². The second-order valence-electron chi connectivity index (χ2n) is 5.29. The number of benzene rings is 1. The van der Waals surface area contributed by atoms with Crippen molar-refractivity contribution in [1.82, 2.24) is 5.32 Å². The van der Waals surface area contributed by atoms with E-state index >= 15 is 0 Å². The Hall–Kier alpha value is -1.02. The maximum atomic E-state index is 5.55. The van der Waals surface area contributed by atoms with Crippen LogP contribution in [0.3, 0.4) is 0 Å². The zero-order valence-electron chi connectivity index (χ0n) is 10.5. The van der Waals surface area contributed by atoms with Crippen LogP contribution < -0.4 is 10.1 Å². The molecule has 2 unspecified atom stereocenters. The molecule has 17 heavy (non-hydrogen) atoms. The standard InChI is InChI=1S/C15H21NO/c1-2-17-14-5-3-4-11(8-14)15-9-12(15)10-16-13-6-7-13/h3-5,8,12-13,15-16H,2,6-7,9-10H2,1H3. The Balaban J connectivity index is 1.55. The summed E-state index contributed by atoms with van der Waals surface area (Å²) in [5, 5.41) is 3.63. The first-order valence-electron chi connectivity index (χ1n) is 6.83. The van der Waals surface area contributed by atoms with Crippen molar-refractivity contribution in [3.8, 4) is 5.75 Å². The lowest BCUT2D eigenvalue weighted by Crippen LogP contribution is -2.19. The summed E-state index contributed by atoms with van der Waals surface area (Å²) in [7, 11) is 0. The second-order valence-corrected chi connectivity index (χ2v) is 5.29. The normalized spacial score (nSPS) is 26.9. The van der Waals surface area contributed by atoms with E-state index in [1.165, 1.54) is 31.4 Å². The average molecular weight is 231 g/mol. The summed E-state index contributed by atoms with van der Waals surface area (Å²) in [6.45, 7) is 3.99. The molecule has 0 saturated heterocycles. The molecule has 0 spiro atoms. The predicted octanol–water partition coefficient (Wildman–Crippen LogP) is 2.94. The quantitative estimate of drug-likeness (QED) is 0.812. The summed E-state index contributed by atoms with van der Waals surface area (Å²) >= 11 is 0. The van der Waals surface area contributed by atoms with E-state index in [0.29, 0.717) is 0 Å². The van der Waals surface area contributed by atoms with Gasteiger partial charge >= 0.3 is 0 Å². The molecule has 92 valence electrons. The number of rotatable bonds is 6. The molecule has 0 amide bonds.